The molecule has 0 aliphatic carbocycles. The minimum absolute atomic E-state index is 0.0505. The van der Waals surface area contributed by atoms with Crippen LogP contribution in [0.1, 0.15) is 11.1 Å². The van der Waals surface area contributed by atoms with E-state index in [1.54, 1.807) is 29.3 Å². The normalized spacial score (nSPS) is 16.1. The molecule has 2 aromatic carbocycles. The van der Waals surface area contributed by atoms with Crippen LogP contribution < -0.4 is 5.43 Å². The Morgan fingerprint density at radius 2 is 2.03 bits per heavy atom. The van der Waals surface area contributed by atoms with Crippen molar-refractivity contribution in [3.8, 4) is 11.3 Å². The van der Waals surface area contributed by atoms with Crippen molar-refractivity contribution in [2.45, 2.75) is 19.0 Å². The van der Waals surface area contributed by atoms with Gasteiger partial charge in [0.2, 0.25) is 0 Å². The zero-order valence-corrected chi connectivity index (χ0v) is 17.5. The summed E-state index contributed by atoms with van der Waals surface area (Å²) in [5.41, 5.74) is 5.98. The summed E-state index contributed by atoms with van der Waals surface area (Å²) in [5.74, 6) is -1.03. The molecule has 2 heterocycles. The van der Waals surface area contributed by atoms with Gasteiger partial charge in [-0.15, -0.1) is 11.3 Å². The molecule has 0 amide bonds. The number of carboxylic acid groups (broad SMARTS) is 1. The Balaban J connectivity index is 1.57. The number of rotatable bonds is 5. The molecule has 0 saturated heterocycles. The first-order valence-corrected chi connectivity index (χ1v) is 10.4. The molecule has 1 atom stereocenters. The third kappa shape index (κ3) is 4.10. The van der Waals surface area contributed by atoms with Gasteiger partial charge in [0, 0.05) is 36.0 Å². The fourth-order valence-electron chi connectivity index (χ4n) is 3.26. The van der Waals surface area contributed by atoms with E-state index >= 15 is 0 Å². The lowest BCUT2D eigenvalue weighted by atomic mass is 9.94. The molecular weight excluding hydrogens is 451 g/mol. The fraction of sp³-hybridized carbons (Fsp3) is 0.158. The van der Waals surface area contributed by atoms with E-state index in [4.69, 9.17) is 23.2 Å². The van der Waals surface area contributed by atoms with E-state index in [9.17, 15) is 20.0 Å². The van der Waals surface area contributed by atoms with Crippen molar-refractivity contribution in [3.63, 3.8) is 0 Å². The molecule has 3 aromatic rings. The van der Waals surface area contributed by atoms with Crippen LogP contribution in [0.4, 0.5) is 10.8 Å². The average molecular weight is 465 g/mol. The summed E-state index contributed by atoms with van der Waals surface area (Å²) in [7, 11) is 0. The zero-order valence-electron chi connectivity index (χ0n) is 15.2. The number of carboxylic acids is 1. The van der Waals surface area contributed by atoms with Crippen LogP contribution >= 0.6 is 34.5 Å². The summed E-state index contributed by atoms with van der Waals surface area (Å²) in [6, 6.07) is 8.83. The van der Waals surface area contributed by atoms with Crippen LogP contribution in [0.15, 0.2) is 41.8 Å². The van der Waals surface area contributed by atoms with E-state index in [0.717, 1.165) is 11.1 Å². The number of halogens is 2. The number of nitrogens with one attached hydrogen (secondary N) is 1. The maximum Gasteiger partial charge on any atom is 0.323 e. The van der Waals surface area contributed by atoms with Gasteiger partial charge in [-0.1, -0.05) is 35.3 Å². The van der Waals surface area contributed by atoms with Crippen LogP contribution in [-0.4, -0.2) is 32.0 Å². The maximum absolute atomic E-state index is 11.8. The Labute approximate surface area is 184 Å². The first-order valence-electron chi connectivity index (χ1n) is 8.75. The zero-order chi connectivity index (χ0) is 21.4. The predicted octanol–water partition coefficient (Wildman–Crippen LogP) is 4.86. The number of carbonyl (C=O) groups is 1. The van der Waals surface area contributed by atoms with Gasteiger partial charge in [0.15, 0.2) is 5.13 Å². The van der Waals surface area contributed by atoms with Crippen LogP contribution in [0.5, 0.6) is 0 Å². The molecule has 11 heteroatoms. The smallest absolute Gasteiger partial charge is 0.323 e. The molecule has 1 aromatic heterocycles. The van der Waals surface area contributed by atoms with E-state index in [1.165, 1.54) is 23.5 Å². The Morgan fingerprint density at radius 3 is 2.73 bits per heavy atom. The minimum atomic E-state index is -1.03. The Kier molecular flexibility index (Phi) is 5.61. The molecule has 8 nitrogen and oxygen atoms in total. The van der Waals surface area contributed by atoms with Crippen molar-refractivity contribution in [2.24, 2.45) is 0 Å². The molecule has 0 radical (unpaired) electrons. The summed E-state index contributed by atoms with van der Waals surface area (Å²) in [5, 5.41) is 25.5. The van der Waals surface area contributed by atoms with E-state index in [0.29, 0.717) is 26.4 Å². The lowest BCUT2D eigenvalue weighted by Gasteiger charge is -2.34. The van der Waals surface area contributed by atoms with Gasteiger partial charge in [-0.2, -0.15) is 0 Å². The molecule has 1 aliphatic rings. The number of hydrogen-bond acceptors (Lipinski definition) is 7. The summed E-state index contributed by atoms with van der Waals surface area (Å²) < 4.78 is 0. The number of thiazole rings is 1. The number of nitro groups is 1. The van der Waals surface area contributed by atoms with E-state index in [1.807, 2.05) is 5.38 Å². The molecule has 0 bridgehead atoms. The number of benzene rings is 2. The van der Waals surface area contributed by atoms with Crippen molar-refractivity contribution in [1.82, 2.24) is 9.99 Å². The van der Waals surface area contributed by atoms with Crippen LogP contribution in [0.3, 0.4) is 0 Å². The second-order valence-corrected chi connectivity index (χ2v) is 8.35. The molecule has 30 heavy (non-hydrogen) atoms. The second-order valence-electron chi connectivity index (χ2n) is 6.67. The number of hydrogen-bond donors (Lipinski definition) is 2. The van der Waals surface area contributed by atoms with Crippen molar-refractivity contribution in [3.05, 3.63) is 73.1 Å². The molecule has 4 rings (SSSR count). The number of nitro benzene ring substituents is 1. The number of aromatic nitrogens is 1. The van der Waals surface area contributed by atoms with Crippen molar-refractivity contribution >= 4 is 51.3 Å². The highest BCUT2D eigenvalue weighted by Gasteiger charge is 2.33. The summed E-state index contributed by atoms with van der Waals surface area (Å²) in [4.78, 5) is 26.9. The monoisotopic (exact) mass is 464 g/mol. The standard InChI is InChI=1S/C19H14Cl2N4O4S/c20-14-4-2-10(6-15(14)21)16-9-30-19(22-16)23-24-8-11-1-3-13(25(28)29)5-12(11)7-17(24)18(26)27/h1-6,9,17H,7-8H2,(H,22,23)(H,26,27). The molecule has 2 N–H and O–H groups in total. The summed E-state index contributed by atoms with van der Waals surface area (Å²) in [6.45, 7) is 0.270. The Morgan fingerprint density at radius 1 is 1.23 bits per heavy atom. The largest absolute Gasteiger partial charge is 0.480 e. The van der Waals surface area contributed by atoms with Gasteiger partial charge in [-0.05, 0) is 23.3 Å². The van der Waals surface area contributed by atoms with Gasteiger partial charge in [-0.25, -0.2) is 9.99 Å². The van der Waals surface area contributed by atoms with Crippen molar-refractivity contribution in [2.75, 3.05) is 5.43 Å². The number of hydrazine groups is 1. The van der Waals surface area contributed by atoms with E-state index < -0.39 is 16.9 Å². The number of fused-ring (bicyclic) bond motifs is 1. The lowest BCUT2D eigenvalue weighted by molar-refractivity contribution is -0.385. The second kappa shape index (κ2) is 8.19. The number of aliphatic carboxylic acids is 1. The molecule has 1 aliphatic heterocycles. The molecule has 0 saturated carbocycles. The number of non-ortho nitro benzene ring substituents is 1. The highest BCUT2D eigenvalue weighted by Crippen LogP contribution is 2.32. The molecule has 0 spiro atoms. The quantitative estimate of drug-likeness (QED) is 0.409. The first kappa shape index (κ1) is 20.5. The average Bonchev–Trinajstić information content (AvgIpc) is 3.17. The van der Waals surface area contributed by atoms with Crippen LogP contribution in [0.2, 0.25) is 10.0 Å². The van der Waals surface area contributed by atoms with Gasteiger partial charge < -0.3 is 5.11 Å². The van der Waals surface area contributed by atoms with Gasteiger partial charge in [0.25, 0.3) is 5.69 Å². The van der Waals surface area contributed by atoms with Gasteiger partial charge in [0.05, 0.1) is 20.7 Å². The Hall–Kier alpha value is -2.72. The van der Waals surface area contributed by atoms with Crippen LogP contribution in [0, 0.1) is 10.1 Å². The lowest BCUT2D eigenvalue weighted by Crippen LogP contribution is -2.48. The third-order valence-electron chi connectivity index (χ3n) is 4.77. The molecular formula is C19H14Cl2N4O4S. The van der Waals surface area contributed by atoms with Gasteiger partial charge >= 0.3 is 5.97 Å². The van der Waals surface area contributed by atoms with E-state index in [2.05, 4.69) is 10.4 Å². The first-order chi connectivity index (χ1) is 14.3. The highest BCUT2D eigenvalue weighted by atomic mass is 35.5. The van der Waals surface area contributed by atoms with Gasteiger partial charge in [-0.3, -0.25) is 20.3 Å². The molecule has 154 valence electrons. The number of nitrogens with zero attached hydrogens (tertiary/aromatic N) is 3. The van der Waals surface area contributed by atoms with Crippen molar-refractivity contribution in [1.29, 1.82) is 0 Å². The molecule has 0 fully saturated rings. The highest BCUT2D eigenvalue weighted by molar-refractivity contribution is 7.14. The fourth-order valence-corrected chi connectivity index (χ4v) is 4.29. The minimum Gasteiger partial charge on any atom is -0.480 e. The molecule has 1 unspecified atom stereocenters. The SMILES string of the molecule is O=C(O)C1Cc2cc([N+](=O)[O-])ccc2CN1Nc1nc(-c2ccc(Cl)c(Cl)c2)cs1. The van der Waals surface area contributed by atoms with Crippen LogP contribution in [-0.2, 0) is 17.8 Å². The topological polar surface area (TPSA) is 109 Å². The third-order valence-corrected chi connectivity index (χ3v) is 6.26. The predicted molar refractivity (Wildman–Crippen MR) is 115 cm³/mol. The maximum atomic E-state index is 11.8. The Bertz CT molecular complexity index is 1150. The summed E-state index contributed by atoms with van der Waals surface area (Å²) in [6.07, 6.45) is 0.143. The van der Waals surface area contributed by atoms with Crippen LogP contribution in [0.25, 0.3) is 11.3 Å². The van der Waals surface area contributed by atoms with E-state index in [-0.39, 0.29) is 18.7 Å². The van der Waals surface area contributed by atoms with Crippen molar-refractivity contribution < 1.29 is 14.8 Å². The number of anilines is 1. The van der Waals surface area contributed by atoms with Gasteiger partial charge in [0.1, 0.15) is 6.04 Å². The summed E-state index contributed by atoms with van der Waals surface area (Å²) >= 11 is 13.4.